The molecule has 0 fully saturated rings. The predicted molar refractivity (Wildman–Crippen MR) is 99.9 cm³/mol. The molecule has 0 aliphatic carbocycles. The third-order valence-corrected chi connectivity index (χ3v) is 4.49. The summed E-state index contributed by atoms with van der Waals surface area (Å²) >= 11 is 6.06. The number of halogens is 3. The monoisotopic (exact) mass is 390 g/mol. The normalized spacial score (nSPS) is 11.0. The molecule has 4 nitrogen and oxygen atoms in total. The molecule has 27 heavy (non-hydrogen) atoms. The van der Waals surface area contributed by atoms with Gasteiger partial charge in [-0.15, -0.1) is 0 Å². The summed E-state index contributed by atoms with van der Waals surface area (Å²) in [6, 6.07) is 10.0. The van der Waals surface area contributed by atoms with E-state index in [-0.39, 0.29) is 30.7 Å². The van der Waals surface area contributed by atoms with Gasteiger partial charge in [-0.25, -0.2) is 13.8 Å². The maximum atomic E-state index is 14.2. The number of rotatable bonds is 5. The van der Waals surface area contributed by atoms with E-state index in [1.807, 2.05) is 0 Å². The molecule has 1 heterocycles. The van der Waals surface area contributed by atoms with Gasteiger partial charge in [-0.05, 0) is 25.1 Å². The molecule has 7 heteroatoms. The molecule has 0 atom stereocenters. The van der Waals surface area contributed by atoms with Crippen LogP contribution in [0.15, 0.2) is 47.3 Å². The summed E-state index contributed by atoms with van der Waals surface area (Å²) in [6.45, 7) is 1.35. The van der Waals surface area contributed by atoms with Gasteiger partial charge in [0, 0.05) is 46.5 Å². The van der Waals surface area contributed by atoms with E-state index in [1.165, 1.54) is 10.6 Å². The second-order valence-electron chi connectivity index (χ2n) is 6.11. The van der Waals surface area contributed by atoms with Crippen molar-refractivity contribution in [1.82, 2.24) is 9.55 Å². The van der Waals surface area contributed by atoms with Crippen molar-refractivity contribution in [2.75, 3.05) is 6.61 Å². The first-order valence-electron chi connectivity index (χ1n) is 8.31. The van der Waals surface area contributed by atoms with E-state index in [2.05, 4.69) is 4.98 Å². The van der Waals surface area contributed by atoms with Gasteiger partial charge in [0.2, 0.25) is 0 Å². The van der Waals surface area contributed by atoms with E-state index < -0.39 is 11.6 Å². The molecular formula is C20H17ClF2N2O2. The molecule has 0 aliphatic heterocycles. The Hall–Kier alpha value is -2.57. The summed E-state index contributed by atoms with van der Waals surface area (Å²) in [7, 11) is 0. The zero-order chi connectivity index (χ0) is 19.6. The fraction of sp³-hybridized carbons (Fsp3) is 0.200. The Morgan fingerprint density at radius 2 is 1.96 bits per heavy atom. The van der Waals surface area contributed by atoms with Crippen LogP contribution in [-0.4, -0.2) is 21.3 Å². The van der Waals surface area contributed by atoms with Gasteiger partial charge in [-0.1, -0.05) is 29.8 Å². The standard InChI is InChI=1S/C20H17ClF2N2O2/c1-12-17(7-8-26)20(27)25(11-14-5-6-16(22)10-18(14)23)19(24-12)13-3-2-4-15(21)9-13/h2-6,9-10,26H,7-8,11H2,1H3. The number of nitrogens with zero attached hydrogens (tertiary/aromatic N) is 2. The molecule has 1 N–H and O–H groups in total. The highest BCUT2D eigenvalue weighted by Crippen LogP contribution is 2.22. The minimum atomic E-state index is -0.747. The van der Waals surface area contributed by atoms with Crippen LogP contribution < -0.4 is 5.56 Å². The second kappa shape index (κ2) is 7.98. The third-order valence-electron chi connectivity index (χ3n) is 4.26. The average Bonchev–Trinajstić information content (AvgIpc) is 2.62. The van der Waals surface area contributed by atoms with E-state index in [9.17, 15) is 18.7 Å². The first-order chi connectivity index (χ1) is 12.9. The molecule has 3 rings (SSSR count). The lowest BCUT2D eigenvalue weighted by molar-refractivity contribution is 0.298. The molecule has 140 valence electrons. The highest BCUT2D eigenvalue weighted by Gasteiger charge is 2.17. The summed E-state index contributed by atoms with van der Waals surface area (Å²) in [4.78, 5) is 17.5. The molecule has 0 saturated heterocycles. The van der Waals surface area contributed by atoms with Crippen molar-refractivity contribution in [3.05, 3.63) is 86.3 Å². The lowest BCUT2D eigenvalue weighted by atomic mass is 10.1. The van der Waals surface area contributed by atoms with Gasteiger partial charge in [0.15, 0.2) is 0 Å². The molecule has 2 aromatic carbocycles. The van der Waals surface area contributed by atoms with Gasteiger partial charge in [-0.2, -0.15) is 0 Å². The molecule has 1 aromatic heterocycles. The van der Waals surface area contributed by atoms with E-state index in [1.54, 1.807) is 31.2 Å². The van der Waals surface area contributed by atoms with Gasteiger partial charge in [0.1, 0.15) is 17.5 Å². The van der Waals surface area contributed by atoms with Crippen LogP contribution in [-0.2, 0) is 13.0 Å². The van der Waals surface area contributed by atoms with Crippen LogP contribution in [0.2, 0.25) is 5.02 Å². The summed E-state index contributed by atoms with van der Waals surface area (Å²) in [5, 5.41) is 9.72. The zero-order valence-corrected chi connectivity index (χ0v) is 15.3. The minimum absolute atomic E-state index is 0.126. The van der Waals surface area contributed by atoms with Gasteiger partial charge in [-0.3, -0.25) is 9.36 Å². The average molecular weight is 391 g/mol. The molecule has 0 saturated carbocycles. The zero-order valence-electron chi connectivity index (χ0n) is 14.5. The Morgan fingerprint density at radius 1 is 1.19 bits per heavy atom. The fourth-order valence-electron chi connectivity index (χ4n) is 2.92. The maximum Gasteiger partial charge on any atom is 0.257 e. The molecular weight excluding hydrogens is 374 g/mol. The van der Waals surface area contributed by atoms with Crippen molar-refractivity contribution in [3.63, 3.8) is 0 Å². The molecule has 0 aliphatic rings. The van der Waals surface area contributed by atoms with E-state index >= 15 is 0 Å². The van der Waals surface area contributed by atoms with Crippen LogP contribution in [0.1, 0.15) is 16.8 Å². The van der Waals surface area contributed by atoms with Crippen molar-refractivity contribution >= 4 is 11.6 Å². The third kappa shape index (κ3) is 4.07. The Balaban J connectivity index is 2.22. The summed E-state index contributed by atoms with van der Waals surface area (Å²) in [6.07, 6.45) is 0.138. The van der Waals surface area contributed by atoms with Crippen molar-refractivity contribution in [2.45, 2.75) is 19.9 Å². The highest BCUT2D eigenvalue weighted by atomic mass is 35.5. The van der Waals surface area contributed by atoms with E-state index in [0.29, 0.717) is 27.7 Å². The van der Waals surface area contributed by atoms with Gasteiger partial charge >= 0.3 is 0 Å². The fourth-order valence-corrected chi connectivity index (χ4v) is 3.11. The number of aliphatic hydroxyl groups is 1. The maximum absolute atomic E-state index is 14.2. The summed E-state index contributed by atoms with van der Waals surface area (Å²) in [5.74, 6) is -1.12. The molecule has 0 unspecified atom stereocenters. The lowest BCUT2D eigenvalue weighted by Crippen LogP contribution is -2.29. The topological polar surface area (TPSA) is 55.1 Å². The first kappa shape index (κ1) is 19.2. The SMILES string of the molecule is Cc1nc(-c2cccc(Cl)c2)n(Cc2ccc(F)cc2F)c(=O)c1CCO. The first-order valence-corrected chi connectivity index (χ1v) is 8.69. The number of benzene rings is 2. The highest BCUT2D eigenvalue weighted by molar-refractivity contribution is 6.30. The number of hydrogen-bond acceptors (Lipinski definition) is 3. The molecule has 0 bridgehead atoms. The van der Waals surface area contributed by atoms with Crippen LogP contribution in [0, 0.1) is 18.6 Å². The predicted octanol–water partition coefficient (Wildman–Crippen LogP) is 3.73. The van der Waals surface area contributed by atoms with Crippen molar-refractivity contribution < 1.29 is 13.9 Å². The van der Waals surface area contributed by atoms with Crippen LogP contribution in [0.3, 0.4) is 0 Å². The van der Waals surface area contributed by atoms with Crippen molar-refractivity contribution in [1.29, 1.82) is 0 Å². The van der Waals surface area contributed by atoms with Crippen LogP contribution in [0.5, 0.6) is 0 Å². The van der Waals surface area contributed by atoms with Crippen LogP contribution in [0.4, 0.5) is 8.78 Å². The molecule has 0 radical (unpaired) electrons. The van der Waals surface area contributed by atoms with Gasteiger partial charge in [0.05, 0.1) is 6.54 Å². The molecule has 3 aromatic rings. The van der Waals surface area contributed by atoms with Crippen LogP contribution >= 0.6 is 11.6 Å². The smallest absolute Gasteiger partial charge is 0.257 e. The minimum Gasteiger partial charge on any atom is -0.396 e. The Morgan fingerprint density at radius 3 is 2.63 bits per heavy atom. The van der Waals surface area contributed by atoms with Crippen molar-refractivity contribution in [2.24, 2.45) is 0 Å². The summed E-state index contributed by atoms with van der Waals surface area (Å²) < 4.78 is 28.7. The van der Waals surface area contributed by atoms with Crippen LogP contribution in [0.25, 0.3) is 11.4 Å². The summed E-state index contributed by atoms with van der Waals surface area (Å²) in [5.41, 5.74) is 1.21. The number of aryl methyl sites for hydroxylation is 1. The van der Waals surface area contributed by atoms with E-state index in [0.717, 1.165) is 12.1 Å². The number of aliphatic hydroxyl groups excluding tert-OH is 1. The largest absolute Gasteiger partial charge is 0.396 e. The quantitative estimate of drug-likeness (QED) is 0.722. The molecule has 0 spiro atoms. The molecule has 0 amide bonds. The van der Waals surface area contributed by atoms with E-state index in [4.69, 9.17) is 11.6 Å². The Bertz CT molecular complexity index is 1050. The van der Waals surface area contributed by atoms with Gasteiger partial charge in [0.25, 0.3) is 5.56 Å². The Kier molecular flexibility index (Phi) is 5.68. The van der Waals surface area contributed by atoms with Gasteiger partial charge < -0.3 is 5.11 Å². The van der Waals surface area contributed by atoms with Crippen molar-refractivity contribution in [3.8, 4) is 11.4 Å². The lowest BCUT2D eigenvalue weighted by Gasteiger charge is -2.16. The second-order valence-corrected chi connectivity index (χ2v) is 6.55. The Labute approximate surface area is 159 Å². The number of hydrogen-bond donors (Lipinski definition) is 1. The number of aromatic nitrogens is 2.